The number of benzene rings is 1. The smallest absolute Gasteiger partial charge is 0.321 e. The molecule has 2 N–H and O–H groups in total. The molecule has 4 rings (SSSR count). The summed E-state index contributed by atoms with van der Waals surface area (Å²) in [6.07, 6.45) is 3.52. The highest BCUT2D eigenvalue weighted by atomic mass is 16.6. The van der Waals surface area contributed by atoms with E-state index >= 15 is 0 Å². The highest BCUT2D eigenvalue weighted by Gasteiger charge is 2.33. The first-order valence-electron chi connectivity index (χ1n) is 10.6. The summed E-state index contributed by atoms with van der Waals surface area (Å²) < 4.78 is 11.4. The van der Waals surface area contributed by atoms with E-state index in [-0.39, 0.29) is 31.0 Å². The van der Waals surface area contributed by atoms with Gasteiger partial charge in [-0.05, 0) is 25.0 Å². The number of rotatable bonds is 4. The first kappa shape index (κ1) is 20.5. The van der Waals surface area contributed by atoms with Crippen molar-refractivity contribution in [1.29, 1.82) is 0 Å². The molecule has 0 aromatic heterocycles. The number of hydrogen-bond donors (Lipinski definition) is 2. The van der Waals surface area contributed by atoms with Gasteiger partial charge in [0.2, 0.25) is 12.0 Å². The van der Waals surface area contributed by atoms with Gasteiger partial charge >= 0.3 is 6.03 Å². The molecule has 2 fully saturated rings. The van der Waals surface area contributed by atoms with Crippen LogP contribution in [0.5, 0.6) is 11.5 Å². The minimum atomic E-state index is -0.658. The normalized spacial score (nSPS) is 21.9. The monoisotopic (exact) mass is 416 g/mol. The molecule has 30 heavy (non-hydrogen) atoms. The Labute approximate surface area is 175 Å². The maximum atomic E-state index is 12.8. The van der Waals surface area contributed by atoms with E-state index in [2.05, 4.69) is 10.6 Å². The van der Waals surface area contributed by atoms with Crippen LogP contribution in [0.15, 0.2) is 24.3 Å². The van der Waals surface area contributed by atoms with Crippen LogP contribution in [0.4, 0.5) is 4.79 Å². The molecule has 9 heteroatoms. The second-order valence-corrected chi connectivity index (χ2v) is 7.97. The van der Waals surface area contributed by atoms with E-state index in [0.29, 0.717) is 37.7 Å². The molecular formula is C21H28N4O5. The fourth-order valence-corrected chi connectivity index (χ4v) is 4.13. The molecular weight excluding hydrogens is 388 g/mol. The van der Waals surface area contributed by atoms with Gasteiger partial charge in [0, 0.05) is 32.2 Å². The SMILES string of the molecule is O=C(CN1CCN(C(=O)[C@@H]2COc3ccccc3O2)CC1)NC(=O)NC1CCCC1. The number of urea groups is 1. The molecule has 1 saturated carbocycles. The zero-order valence-corrected chi connectivity index (χ0v) is 17.0. The molecule has 9 nitrogen and oxygen atoms in total. The van der Waals surface area contributed by atoms with Gasteiger partial charge in [0.25, 0.3) is 5.91 Å². The van der Waals surface area contributed by atoms with Gasteiger partial charge in [-0.25, -0.2) is 4.79 Å². The molecule has 0 radical (unpaired) electrons. The lowest BCUT2D eigenvalue weighted by Crippen LogP contribution is -2.55. The van der Waals surface area contributed by atoms with Crippen LogP contribution in [-0.2, 0) is 9.59 Å². The number of carbonyl (C=O) groups excluding carboxylic acids is 3. The van der Waals surface area contributed by atoms with Crippen molar-refractivity contribution in [2.75, 3.05) is 39.3 Å². The molecule has 162 valence electrons. The Morgan fingerprint density at radius 2 is 1.70 bits per heavy atom. The number of para-hydroxylation sites is 2. The summed E-state index contributed by atoms with van der Waals surface area (Å²) in [5.74, 6) is 0.790. The van der Waals surface area contributed by atoms with Gasteiger partial charge in [-0.1, -0.05) is 25.0 Å². The second-order valence-electron chi connectivity index (χ2n) is 7.97. The summed E-state index contributed by atoms with van der Waals surface area (Å²) in [4.78, 5) is 40.5. The van der Waals surface area contributed by atoms with Crippen LogP contribution in [0.2, 0.25) is 0 Å². The summed E-state index contributed by atoms with van der Waals surface area (Å²) >= 11 is 0. The molecule has 1 saturated heterocycles. The Morgan fingerprint density at radius 1 is 1.00 bits per heavy atom. The van der Waals surface area contributed by atoms with Crippen LogP contribution >= 0.6 is 0 Å². The number of piperazine rings is 1. The molecule has 1 aromatic rings. The summed E-state index contributed by atoms with van der Waals surface area (Å²) in [7, 11) is 0. The van der Waals surface area contributed by atoms with Gasteiger partial charge in [-0.3, -0.25) is 19.8 Å². The molecule has 1 atom stereocenters. The number of ether oxygens (including phenoxy) is 2. The van der Waals surface area contributed by atoms with Crippen LogP contribution in [0.3, 0.4) is 0 Å². The molecule has 0 spiro atoms. The van der Waals surface area contributed by atoms with Crippen molar-refractivity contribution in [3.05, 3.63) is 24.3 Å². The average Bonchev–Trinajstić information content (AvgIpc) is 3.26. The maximum absolute atomic E-state index is 12.8. The number of nitrogens with zero attached hydrogens (tertiary/aromatic N) is 2. The summed E-state index contributed by atoms with van der Waals surface area (Å²) in [6.45, 7) is 2.45. The van der Waals surface area contributed by atoms with Crippen molar-refractivity contribution < 1.29 is 23.9 Å². The van der Waals surface area contributed by atoms with Gasteiger partial charge in [0.05, 0.1) is 6.54 Å². The van der Waals surface area contributed by atoms with E-state index < -0.39 is 12.1 Å². The fourth-order valence-electron chi connectivity index (χ4n) is 4.13. The first-order valence-corrected chi connectivity index (χ1v) is 10.6. The van der Waals surface area contributed by atoms with Gasteiger partial charge in [0.15, 0.2) is 11.5 Å². The molecule has 4 amide bonds. The molecule has 0 bridgehead atoms. The van der Waals surface area contributed by atoms with E-state index in [1.54, 1.807) is 11.0 Å². The maximum Gasteiger partial charge on any atom is 0.321 e. The van der Waals surface area contributed by atoms with E-state index in [1.807, 2.05) is 23.1 Å². The third kappa shape index (κ3) is 5.02. The lowest BCUT2D eigenvalue weighted by atomic mass is 10.2. The molecule has 2 heterocycles. The summed E-state index contributed by atoms with van der Waals surface area (Å²) in [6, 6.07) is 7.05. The number of nitrogens with one attached hydrogen (secondary N) is 2. The lowest BCUT2D eigenvalue weighted by molar-refractivity contribution is -0.143. The number of hydrogen-bond acceptors (Lipinski definition) is 6. The Hall–Kier alpha value is -2.81. The third-order valence-corrected chi connectivity index (χ3v) is 5.78. The van der Waals surface area contributed by atoms with Gasteiger partial charge in [0.1, 0.15) is 6.61 Å². The van der Waals surface area contributed by atoms with Gasteiger partial charge < -0.3 is 19.7 Å². The molecule has 1 aromatic carbocycles. The molecule has 1 aliphatic carbocycles. The van der Waals surface area contributed by atoms with Gasteiger partial charge in [-0.15, -0.1) is 0 Å². The number of imide groups is 1. The summed E-state index contributed by atoms with van der Waals surface area (Å²) in [5.41, 5.74) is 0. The van der Waals surface area contributed by atoms with Crippen molar-refractivity contribution in [1.82, 2.24) is 20.4 Å². The number of fused-ring (bicyclic) bond motifs is 1. The zero-order valence-electron chi connectivity index (χ0n) is 17.0. The Morgan fingerprint density at radius 3 is 2.43 bits per heavy atom. The highest BCUT2D eigenvalue weighted by molar-refractivity contribution is 5.95. The van der Waals surface area contributed by atoms with E-state index in [4.69, 9.17) is 9.47 Å². The van der Waals surface area contributed by atoms with Gasteiger partial charge in [-0.2, -0.15) is 0 Å². The Bertz CT molecular complexity index is 787. The molecule has 2 aliphatic heterocycles. The van der Waals surface area contributed by atoms with Crippen LogP contribution in [-0.4, -0.2) is 79.1 Å². The van der Waals surface area contributed by atoms with Crippen LogP contribution in [0.25, 0.3) is 0 Å². The van der Waals surface area contributed by atoms with Crippen molar-refractivity contribution >= 4 is 17.8 Å². The predicted octanol–water partition coefficient (Wildman–Crippen LogP) is 0.739. The first-order chi connectivity index (χ1) is 14.6. The number of carbonyl (C=O) groups is 3. The van der Waals surface area contributed by atoms with Crippen molar-refractivity contribution in [2.45, 2.75) is 37.8 Å². The van der Waals surface area contributed by atoms with Crippen LogP contribution in [0, 0.1) is 0 Å². The van der Waals surface area contributed by atoms with Crippen LogP contribution < -0.4 is 20.1 Å². The fraction of sp³-hybridized carbons (Fsp3) is 0.571. The number of amides is 4. The minimum Gasteiger partial charge on any atom is -0.485 e. The standard InChI is InChI=1S/C21H28N4O5/c26-19(23-21(28)22-15-5-1-2-6-15)13-24-9-11-25(12-10-24)20(27)18-14-29-16-7-3-4-8-17(16)30-18/h3-4,7-8,15,18H,1-2,5-6,9-14H2,(H2,22,23,26,28)/t18-/m0/s1. The van der Waals surface area contributed by atoms with Crippen LogP contribution in [0.1, 0.15) is 25.7 Å². The molecule has 3 aliphatic rings. The molecule has 0 unspecified atom stereocenters. The zero-order chi connectivity index (χ0) is 20.9. The van der Waals surface area contributed by atoms with Crippen molar-refractivity contribution in [2.24, 2.45) is 0 Å². The predicted molar refractivity (Wildman–Crippen MR) is 108 cm³/mol. The van der Waals surface area contributed by atoms with Crippen molar-refractivity contribution in [3.8, 4) is 11.5 Å². The second kappa shape index (κ2) is 9.34. The minimum absolute atomic E-state index is 0.107. The average molecular weight is 416 g/mol. The third-order valence-electron chi connectivity index (χ3n) is 5.78. The van der Waals surface area contributed by atoms with E-state index in [0.717, 1.165) is 25.7 Å². The Kier molecular flexibility index (Phi) is 6.37. The summed E-state index contributed by atoms with van der Waals surface area (Å²) in [5, 5.41) is 5.25. The topological polar surface area (TPSA) is 100 Å². The lowest BCUT2D eigenvalue weighted by Gasteiger charge is -2.36. The Balaban J connectivity index is 1.19. The quantitative estimate of drug-likeness (QED) is 0.751. The highest BCUT2D eigenvalue weighted by Crippen LogP contribution is 2.31. The van der Waals surface area contributed by atoms with E-state index in [9.17, 15) is 14.4 Å². The van der Waals surface area contributed by atoms with Crippen molar-refractivity contribution in [3.63, 3.8) is 0 Å². The largest absolute Gasteiger partial charge is 0.485 e. The van der Waals surface area contributed by atoms with E-state index in [1.165, 1.54) is 0 Å².